The number of halogens is 2. The van der Waals surface area contributed by atoms with Crippen LogP contribution >= 0.6 is 23.2 Å². The molecule has 2 aromatic carbocycles. The van der Waals surface area contributed by atoms with Crippen molar-refractivity contribution in [1.82, 2.24) is 9.80 Å². The van der Waals surface area contributed by atoms with Crippen LogP contribution in [-0.2, 0) is 6.42 Å². The van der Waals surface area contributed by atoms with E-state index in [1.54, 1.807) is 0 Å². The third-order valence-corrected chi connectivity index (χ3v) is 6.34. The van der Waals surface area contributed by atoms with Crippen LogP contribution in [0, 0.1) is 0 Å². The average molecular weight is 387 g/mol. The number of nitrogens with zero attached hydrogens (tertiary/aromatic N) is 2. The molecule has 0 spiro atoms. The highest BCUT2D eigenvalue weighted by molar-refractivity contribution is 6.42. The van der Waals surface area contributed by atoms with Gasteiger partial charge in [-0.25, -0.2) is 0 Å². The summed E-state index contributed by atoms with van der Waals surface area (Å²) in [5, 5.41) is 1.22. The van der Waals surface area contributed by atoms with Crippen LogP contribution in [0.1, 0.15) is 17.5 Å². The van der Waals surface area contributed by atoms with Gasteiger partial charge in [-0.3, -0.25) is 0 Å². The van der Waals surface area contributed by atoms with E-state index in [4.69, 9.17) is 23.2 Å². The summed E-state index contributed by atoms with van der Waals surface area (Å²) in [6.45, 7) is 5.87. The quantitative estimate of drug-likeness (QED) is 0.708. The van der Waals surface area contributed by atoms with Gasteiger partial charge in [-0.05, 0) is 59.8 Å². The van der Waals surface area contributed by atoms with Gasteiger partial charge >= 0.3 is 0 Å². The Balaban J connectivity index is 1.51. The van der Waals surface area contributed by atoms with Gasteiger partial charge in [0.05, 0.1) is 10.0 Å². The molecule has 0 bridgehead atoms. The fourth-order valence-corrected chi connectivity index (χ4v) is 4.26. The molecule has 1 fully saturated rings. The smallest absolute Gasteiger partial charge is 0.0598 e. The van der Waals surface area contributed by atoms with Gasteiger partial charge in [-0.15, -0.1) is 0 Å². The van der Waals surface area contributed by atoms with Gasteiger partial charge in [0, 0.05) is 32.7 Å². The fourth-order valence-electron chi connectivity index (χ4n) is 3.96. The number of likely N-dealkylation sites (N-methyl/N-ethyl adjacent to an activating group) is 1. The van der Waals surface area contributed by atoms with Gasteiger partial charge < -0.3 is 9.80 Å². The van der Waals surface area contributed by atoms with Crippen LogP contribution in [0.2, 0.25) is 10.0 Å². The summed E-state index contributed by atoms with van der Waals surface area (Å²) in [6, 6.07) is 12.5. The monoisotopic (exact) mass is 386 g/mol. The van der Waals surface area contributed by atoms with E-state index in [1.807, 2.05) is 12.1 Å². The molecule has 4 rings (SSSR count). The first-order valence-electron chi connectivity index (χ1n) is 9.29. The molecule has 26 heavy (non-hydrogen) atoms. The fraction of sp³-hybridized carbons (Fsp3) is 0.364. The second kappa shape index (κ2) is 7.74. The van der Waals surface area contributed by atoms with Gasteiger partial charge in [0.2, 0.25) is 0 Å². The molecule has 0 radical (unpaired) electrons. The molecule has 0 atom stereocenters. The third-order valence-electron chi connectivity index (χ3n) is 5.60. The lowest BCUT2D eigenvalue weighted by Gasteiger charge is -2.32. The van der Waals surface area contributed by atoms with Gasteiger partial charge in [-0.1, -0.05) is 53.5 Å². The largest absolute Gasteiger partial charge is 0.304 e. The summed E-state index contributed by atoms with van der Waals surface area (Å²) >= 11 is 12.3. The molecule has 4 heteroatoms. The van der Waals surface area contributed by atoms with E-state index < -0.39 is 0 Å². The molecule has 136 valence electrons. The molecule has 1 aliphatic carbocycles. The van der Waals surface area contributed by atoms with E-state index in [9.17, 15) is 0 Å². The van der Waals surface area contributed by atoms with Crippen LogP contribution in [0.4, 0.5) is 0 Å². The number of piperazine rings is 1. The predicted molar refractivity (Wildman–Crippen MR) is 112 cm³/mol. The molecule has 0 aromatic heterocycles. The van der Waals surface area contributed by atoms with E-state index >= 15 is 0 Å². The molecule has 0 N–H and O–H groups in total. The summed E-state index contributed by atoms with van der Waals surface area (Å²) in [5.41, 5.74) is 6.72. The molecule has 0 saturated carbocycles. The zero-order chi connectivity index (χ0) is 18.1. The minimum atomic E-state index is 0.606. The summed E-state index contributed by atoms with van der Waals surface area (Å²) in [7, 11) is 2.21. The van der Waals surface area contributed by atoms with Crippen molar-refractivity contribution in [1.29, 1.82) is 0 Å². The Kier molecular flexibility index (Phi) is 5.37. The molecular formula is C22H24Cl2N2. The van der Waals surface area contributed by atoms with Crippen molar-refractivity contribution >= 4 is 28.8 Å². The lowest BCUT2D eigenvalue weighted by Crippen LogP contribution is -2.44. The molecule has 2 nitrogen and oxygen atoms in total. The zero-order valence-corrected chi connectivity index (χ0v) is 16.7. The molecule has 2 aromatic rings. The lowest BCUT2D eigenvalue weighted by atomic mass is 9.94. The van der Waals surface area contributed by atoms with Crippen LogP contribution in [0.25, 0.3) is 16.7 Å². The predicted octanol–water partition coefficient (Wildman–Crippen LogP) is 5.24. The van der Waals surface area contributed by atoms with Crippen LogP contribution in [0.15, 0.2) is 42.5 Å². The number of hydrogen-bond acceptors (Lipinski definition) is 2. The van der Waals surface area contributed by atoms with Gasteiger partial charge in [-0.2, -0.15) is 0 Å². The number of allylic oxidation sites excluding steroid dienone is 1. The standard InChI is InChI=1S/C22H24Cl2N2/c1-25-11-13-26(14-12-25)10-9-16-5-7-20-18(16)3-2-4-19(20)17-6-8-21(23)22(24)15-17/h2-6,8,15H,7,9-14H2,1H3. The zero-order valence-electron chi connectivity index (χ0n) is 15.1. The first kappa shape index (κ1) is 18.1. The molecule has 2 aliphatic rings. The van der Waals surface area contributed by atoms with E-state index in [2.05, 4.69) is 47.2 Å². The summed E-state index contributed by atoms with van der Waals surface area (Å²) < 4.78 is 0. The Hall–Kier alpha value is -1.32. The second-order valence-corrected chi connectivity index (χ2v) is 8.10. The van der Waals surface area contributed by atoms with Crippen LogP contribution in [0.5, 0.6) is 0 Å². The normalized spacial score (nSPS) is 18.0. The highest BCUT2D eigenvalue weighted by Crippen LogP contribution is 2.38. The highest BCUT2D eigenvalue weighted by atomic mass is 35.5. The van der Waals surface area contributed by atoms with Crippen molar-refractivity contribution in [2.45, 2.75) is 12.8 Å². The number of rotatable bonds is 4. The first-order valence-corrected chi connectivity index (χ1v) is 10.0. The molecule has 1 aliphatic heterocycles. The van der Waals surface area contributed by atoms with Gasteiger partial charge in [0.1, 0.15) is 0 Å². The lowest BCUT2D eigenvalue weighted by molar-refractivity contribution is 0.157. The Labute approximate surface area is 166 Å². The highest BCUT2D eigenvalue weighted by Gasteiger charge is 2.20. The van der Waals surface area contributed by atoms with E-state index in [1.165, 1.54) is 48.4 Å². The van der Waals surface area contributed by atoms with Crippen molar-refractivity contribution in [3.05, 3.63) is 63.6 Å². The van der Waals surface area contributed by atoms with Crippen molar-refractivity contribution in [2.75, 3.05) is 39.8 Å². The molecule has 1 saturated heterocycles. The first-order chi connectivity index (χ1) is 12.6. The van der Waals surface area contributed by atoms with Crippen LogP contribution in [-0.4, -0.2) is 49.6 Å². The van der Waals surface area contributed by atoms with Gasteiger partial charge in [0.25, 0.3) is 0 Å². The van der Waals surface area contributed by atoms with Crippen LogP contribution in [0.3, 0.4) is 0 Å². The van der Waals surface area contributed by atoms with Crippen molar-refractivity contribution in [3.63, 3.8) is 0 Å². The maximum absolute atomic E-state index is 6.24. The molecule has 0 amide bonds. The second-order valence-electron chi connectivity index (χ2n) is 7.29. The maximum Gasteiger partial charge on any atom is 0.0598 e. The maximum atomic E-state index is 6.24. The summed E-state index contributed by atoms with van der Waals surface area (Å²) in [5.74, 6) is 0. The third kappa shape index (κ3) is 3.70. The SMILES string of the molecule is CN1CCN(CCC2=CCc3c2cccc3-c2ccc(Cl)c(Cl)c2)CC1. The summed E-state index contributed by atoms with van der Waals surface area (Å²) in [4.78, 5) is 4.99. The van der Waals surface area contributed by atoms with Crippen molar-refractivity contribution < 1.29 is 0 Å². The Morgan fingerprint density at radius 3 is 2.46 bits per heavy atom. The molecule has 0 unspecified atom stereocenters. The van der Waals surface area contributed by atoms with E-state index in [0.717, 1.165) is 24.9 Å². The number of hydrogen-bond donors (Lipinski definition) is 0. The van der Waals surface area contributed by atoms with Crippen molar-refractivity contribution in [3.8, 4) is 11.1 Å². The Morgan fingerprint density at radius 2 is 1.69 bits per heavy atom. The topological polar surface area (TPSA) is 6.48 Å². The van der Waals surface area contributed by atoms with Crippen molar-refractivity contribution in [2.24, 2.45) is 0 Å². The summed E-state index contributed by atoms with van der Waals surface area (Å²) in [6.07, 6.45) is 4.53. The molecular weight excluding hydrogens is 363 g/mol. The van der Waals surface area contributed by atoms with E-state index in [0.29, 0.717) is 10.0 Å². The molecule has 1 heterocycles. The number of fused-ring (bicyclic) bond motifs is 1. The van der Waals surface area contributed by atoms with E-state index in [-0.39, 0.29) is 0 Å². The van der Waals surface area contributed by atoms with Crippen LogP contribution < -0.4 is 0 Å². The van der Waals surface area contributed by atoms with Gasteiger partial charge in [0.15, 0.2) is 0 Å². The Bertz CT molecular complexity index is 836. The number of benzene rings is 2. The Morgan fingerprint density at radius 1 is 0.923 bits per heavy atom. The minimum absolute atomic E-state index is 0.606. The average Bonchev–Trinajstić information content (AvgIpc) is 3.07. The minimum Gasteiger partial charge on any atom is -0.304 e.